The van der Waals surface area contributed by atoms with Crippen LogP contribution in [0.3, 0.4) is 0 Å². The first-order chi connectivity index (χ1) is 17.2. The molecular formula is C29H24N2O3S. The number of methoxy groups -OCH3 is 2. The smallest absolute Gasteiger partial charge is 0.271 e. The molecule has 0 unspecified atom stereocenters. The van der Waals surface area contributed by atoms with E-state index in [-0.39, 0.29) is 11.6 Å². The van der Waals surface area contributed by atoms with E-state index in [1.807, 2.05) is 53.1 Å². The zero-order valence-electron chi connectivity index (χ0n) is 19.5. The molecule has 0 saturated carbocycles. The number of rotatable bonds is 4. The SMILES string of the molecule is COc1cccc(/C=c2\sc3n(c2=O)[C@@H](c2ccccc2OC)C2=C(N=3)c3ccccc3CC2)c1. The lowest BCUT2D eigenvalue weighted by Crippen LogP contribution is -2.38. The summed E-state index contributed by atoms with van der Waals surface area (Å²) in [7, 11) is 3.32. The molecule has 3 aromatic carbocycles. The van der Waals surface area contributed by atoms with Crippen molar-refractivity contribution in [2.75, 3.05) is 14.2 Å². The van der Waals surface area contributed by atoms with E-state index >= 15 is 0 Å². The summed E-state index contributed by atoms with van der Waals surface area (Å²) in [5, 5.41) is 0. The summed E-state index contributed by atoms with van der Waals surface area (Å²) in [5.41, 5.74) is 6.44. The lowest BCUT2D eigenvalue weighted by atomic mass is 9.83. The van der Waals surface area contributed by atoms with E-state index in [1.54, 1.807) is 14.2 Å². The van der Waals surface area contributed by atoms with E-state index in [9.17, 15) is 4.79 Å². The highest BCUT2D eigenvalue weighted by Crippen LogP contribution is 2.43. The van der Waals surface area contributed by atoms with Gasteiger partial charge in [0, 0.05) is 11.1 Å². The molecule has 0 spiro atoms. The van der Waals surface area contributed by atoms with Crippen LogP contribution in [0.25, 0.3) is 11.8 Å². The maximum Gasteiger partial charge on any atom is 0.271 e. The highest BCUT2D eigenvalue weighted by Gasteiger charge is 2.33. The van der Waals surface area contributed by atoms with Crippen molar-refractivity contribution >= 4 is 23.1 Å². The molecule has 2 aliphatic rings. The largest absolute Gasteiger partial charge is 0.497 e. The van der Waals surface area contributed by atoms with Gasteiger partial charge >= 0.3 is 0 Å². The normalized spacial score (nSPS) is 16.7. The molecule has 1 aliphatic carbocycles. The topological polar surface area (TPSA) is 52.8 Å². The predicted octanol–water partition coefficient (Wildman–Crippen LogP) is 4.34. The van der Waals surface area contributed by atoms with Crippen molar-refractivity contribution in [3.05, 3.63) is 120 Å². The molecule has 6 rings (SSSR count). The molecule has 0 N–H and O–H groups in total. The number of para-hydroxylation sites is 1. The summed E-state index contributed by atoms with van der Waals surface area (Å²) >= 11 is 1.42. The van der Waals surface area contributed by atoms with Crippen LogP contribution in [0.1, 0.15) is 34.7 Å². The molecular weight excluding hydrogens is 456 g/mol. The van der Waals surface area contributed by atoms with Crippen LogP contribution < -0.4 is 24.4 Å². The molecule has 0 amide bonds. The highest BCUT2D eigenvalue weighted by atomic mass is 32.1. The van der Waals surface area contributed by atoms with Crippen molar-refractivity contribution in [3.8, 4) is 11.5 Å². The van der Waals surface area contributed by atoms with Gasteiger partial charge in [-0.2, -0.15) is 0 Å². The van der Waals surface area contributed by atoms with Gasteiger partial charge in [0.25, 0.3) is 5.56 Å². The standard InChI is InChI=1S/C29H24N2O3S/c1-33-20-10-7-8-18(16-20)17-25-28(32)31-27(22-12-5-6-13-24(22)34-2)23-15-14-19-9-3-4-11-21(19)26(23)30-29(31)35-25/h3-13,16-17,27H,14-15H2,1-2H3/b25-17-/t27-/m0/s1. The Bertz CT molecular complexity index is 1660. The minimum absolute atomic E-state index is 0.0436. The molecule has 4 aromatic rings. The van der Waals surface area contributed by atoms with Gasteiger partial charge in [-0.15, -0.1) is 0 Å². The Kier molecular flexibility index (Phi) is 5.38. The van der Waals surface area contributed by atoms with Gasteiger partial charge in [-0.3, -0.25) is 9.36 Å². The molecule has 1 aromatic heterocycles. The first kappa shape index (κ1) is 21.6. The number of nitrogens with zero attached hydrogens (tertiary/aromatic N) is 2. The fourth-order valence-corrected chi connectivity index (χ4v) is 6.07. The van der Waals surface area contributed by atoms with Crippen LogP contribution in [0, 0.1) is 0 Å². The minimum atomic E-state index is -0.266. The van der Waals surface area contributed by atoms with Gasteiger partial charge < -0.3 is 9.47 Å². The lowest BCUT2D eigenvalue weighted by molar-refractivity contribution is 0.402. The molecule has 1 aliphatic heterocycles. The van der Waals surface area contributed by atoms with Gasteiger partial charge in [0.2, 0.25) is 0 Å². The zero-order valence-corrected chi connectivity index (χ0v) is 20.3. The Morgan fingerprint density at radius 3 is 2.66 bits per heavy atom. The van der Waals surface area contributed by atoms with Gasteiger partial charge in [-0.05, 0) is 53.8 Å². The van der Waals surface area contributed by atoms with Gasteiger partial charge in [0.05, 0.1) is 30.5 Å². The Morgan fingerprint density at radius 1 is 0.971 bits per heavy atom. The number of aromatic nitrogens is 1. The summed E-state index contributed by atoms with van der Waals surface area (Å²) in [6.45, 7) is 0. The summed E-state index contributed by atoms with van der Waals surface area (Å²) in [5.74, 6) is 1.53. The average Bonchev–Trinajstić information content (AvgIpc) is 3.21. The van der Waals surface area contributed by atoms with Crippen LogP contribution in [0.2, 0.25) is 0 Å². The Hall–Kier alpha value is -3.90. The van der Waals surface area contributed by atoms with Crippen LogP contribution in [-0.4, -0.2) is 18.8 Å². The quantitative estimate of drug-likeness (QED) is 0.437. The van der Waals surface area contributed by atoms with Crippen LogP contribution in [-0.2, 0) is 6.42 Å². The van der Waals surface area contributed by atoms with Crippen LogP contribution in [0.4, 0.5) is 0 Å². The van der Waals surface area contributed by atoms with Crippen LogP contribution >= 0.6 is 11.3 Å². The lowest BCUT2D eigenvalue weighted by Gasteiger charge is -2.31. The average molecular weight is 481 g/mol. The monoisotopic (exact) mass is 480 g/mol. The van der Waals surface area contributed by atoms with E-state index in [4.69, 9.17) is 14.5 Å². The molecule has 2 heterocycles. The van der Waals surface area contributed by atoms with E-state index in [0.29, 0.717) is 9.33 Å². The number of aryl methyl sites for hydroxylation is 1. The van der Waals surface area contributed by atoms with Gasteiger partial charge in [0.15, 0.2) is 4.80 Å². The summed E-state index contributed by atoms with van der Waals surface area (Å²) in [6, 6.07) is 23.9. The Morgan fingerprint density at radius 2 is 1.80 bits per heavy atom. The molecule has 6 heteroatoms. The summed E-state index contributed by atoms with van der Waals surface area (Å²) < 4.78 is 13.6. The number of ether oxygens (including phenoxy) is 2. The second-order valence-corrected chi connectivity index (χ2v) is 9.64. The third-order valence-corrected chi connectivity index (χ3v) is 7.68. The van der Waals surface area contributed by atoms with Gasteiger partial charge in [-0.1, -0.05) is 65.9 Å². The predicted molar refractivity (Wildman–Crippen MR) is 139 cm³/mol. The van der Waals surface area contributed by atoms with Gasteiger partial charge in [-0.25, -0.2) is 4.99 Å². The van der Waals surface area contributed by atoms with Crippen molar-refractivity contribution in [1.29, 1.82) is 0 Å². The summed E-state index contributed by atoms with van der Waals surface area (Å²) in [4.78, 5) is 19.6. The van der Waals surface area contributed by atoms with E-state index < -0.39 is 0 Å². The molecule has 0 fully saturated rings. The molecule has 1 atom stereocenters. The molecule has 0 saturated heterocycles. The Balaban J connectivity index is 1.63. The number of fused-ring (bicyclic) bond motifs is 3. The number of hydrogen-bond acceptors (Lipinski definition) is 5. The fraction of sp³-hybridized carbons (Fsp3) is 0.172. The van der Waals surface area contributed by atoms with Gasteiger partial charge in [0.1, 0.15) is 11.5 Å². The molecule has 174 valence electrons. The number of thiazole rings is 1. The first-order valence-corrected chi connectivity index (χ1v) is 12.4. The Labute approximate surface area is 206 Å². The van der Waals surface area contributed by atoms with E-state index in [2.05, 4.69) is 30.3 Å². The molecule has 0 radical (unpaired) electrons. The van der Waals surface area contributed by atoms with Crippen LogP contribution in [0.5, 0.6) is 11.5 Å². The van der Waals surface area contributed by atoms with Crippen molar-refractivity contribution in [2.24, 2.45) is 4.99 Å². The number of benzene rings is 3. The minimum Gasteiger partial charge on any atom is -0.497 e. The first-order valence-electron chi connectivity index (χ1n) is 11.6. The second kappa shape index (κ2) is 8.71. The van der Waals surface area contributed by atoms with Crippen molar-refractivity contribution in [3.63, 3.8) is 0 Å². The van der Waals surface area contributed by atoms with Crippen LogP contribution in [0.15, 0.2) is 88.2 Å². The van der Waals surface area contributed by atoms with E-state index in [0.717, 1.165) is 52.3 Å². The molecule has 5 nitrogen and oxygen atoms in total. The number of allylic oxidation sites excluding steroid dienone is 1. The number of hydrogen-bond donors (Lipinski definition) is 0. The maximum absolute atomic E-state index is 13.9. The van der Waals surface area contributed by atoms with E-state index in [1.165, 1.54) is 16.9 Å². The highest BCUT2D eigenvalue weighted by molar-refractivity contribution is 7.07. The molecule has 35 heavy (non-hydrogen) atoms. The molecule has 0 bridgehead atoms. The third-order valence-electron chi connectivity index (χ3n) is 6.70. The second-order valence-electron chi connectivity index (χ2n) is 8.63. The maximum atomic E-state index is 13.9. The van der Waals surface area contributed by atoms with Crippen molar-refractivity contribution < 1.29 is 9.47 Å². The fourth-order valence-electron chi connectivity index (χ4n) is 5.07. The third kappa shape index (κ3) is 3.61. The summed E-state index contributed by atoms with van der Waals surface area (Å²) in [6.07, 6.45) is 3.69. The van der Waals surface area contributed by atoms with Crippen molar-refractivity contribution in [1.82, 2.24) is 4.57 Å². The zero-order chi connectivity index (χ0) is 23.9. The van der Waals surface area contributed by atoms with Crippen molar-refractivity contribution in [2.45, 2.75) is 18.9 Å².